The summed E-state index contributed by atoms with van der Waals surface area (Å²) in [5, 5.41) is 3.11. The number of anilines is 5. The summed E-state index contributed by atoms with van der Waals surface area (Å²) in [7, 11) is -3.46. The van der Waals surface area contributed by atoms with Crippen LogP contribution in [0.4, 0.5) is 29.5 Å². The van der Waals surface area contributed by atoms with Gasteiger partial charge in [0.25, 0.3) is 0 Å². The molecule has 352 valence electrons. The Balaban J connectivity index is 0.000000166. The van der Waals surface area contributed by atoms with Crippen LogP contribution in [0.15, 0.2) is 48.5 Å². The van der Waals surface area contributed by atoms with Gasteiger partial charge in [-0.25, -0.2) is 41.3 Å². The maximum Gasteiger partial charge on any atom is 0.239 e. The summed E-state index contributed by atoms with van der Waals surface area (Å²) in [4.78, 5) is 38.0. The molecule has 10 rings (SSSR count). The zero-order valence-electron chi connectivity index (χ0n) is 38.7. The summed E-state index contributed by atoms with van der Waals surface area (Å²) in [5.41, 5.74) is 3.97. The predicted molar refractivity (Wildman–Crippen MR) is 252 cm³/mol. The van der Waals surface area contributed by atoms with Gasteiger partial charge < -0.3 is 39.0 Å². The molecule has 0 radical (unpaired) electrons. The fourth-order valence-corrected chi connectivity index (χ4v) is 9.63. The van der Waals surface area contributed by atoms with Crippen LogP contribution in [-0.4, -0.2) is 147 Å². The van der Waals surface area contributed by atoms with Gasteiger partial charge in [0, 0.05) is 26.6 Å². The van der Waals surface area contributed by atoms with E-state index in [4.69, 9.17) is 38.9 Å². The van der Waals surface area contributed by atoms with E-state index < -0.39 is 29.2 Å². The number of benzene rings is 2. The summed E-state index contributed by atoms with van der Waals surface area (Å²) in [6, 6.07) is 15.5. The first-order valence-corrected chi connectivity index (χ1v) is 25.6. The first kappa shape index (κ1) is 45.3. The lowest BCUT2D eigenvalue weighted by molar-refractivity contribution is 0.0482. The van der Waals surface area contributed by atoms with Crippen LogP contribution in [-0.2, 0) is 38.6 Å². The molecule has 0 spiro atoms. The number of rotatable bonds is 8. The molecule has 4 aliphatic rings. The van der Waals surface area contributed by atoms with Crippen LogP contribution in [0, 0.1) is 0 Å². The monoisotopic (exact) mass is 944 g/mol. The first-order chi connectivity index (χ1) is 31.2. The molecule has 2 aromatic carbocycles. The Morgan fingerprint density at radius 3 is 1.77 bits per heavy atom. The Bertz CT molecular complexity index is 3030. The van der Waals surface area contributed by atoms with Crippen molar-refractivity contribution in [1.29, 1.82) is 0 Å². The van der Waals surface area contributed by atoms with E-state index in [1.807, 2.05) is 53.1 Å². The molecule has 8 heterocycles. The van der Waals surface area contributed by atoms with E-state index >= 15 is 0 Å². The van der Waals surface area contributed by atoms with Gasteiger partial charge in [-0.3, -0.25) is 4.90 Å². The van der Waals surface area contributed by atoms with Crippen LogP contribution in [0.1, 0.15) is 52.9 Å². The molecule has 0 bridgehead atoms. The van der Waals surface area contributed by atoms with Gasteiger partial charge in [-0.15, -0.1) is 0 Å². The van der Waals surface area contributed by atoms with Crippen LogP contribution in [0.25, 0.3) is 28.0 Å². The van der Waals surface area contributed by atoms with Gasteiger partial charge in [-0.1, -0.05) is 24.3 Å². The number of morpholine rings is 2. The Morgan fingerprint density at radius 2 is 1.21 bits per heavy atom. The quantitative estimate of drug-likeness (QED) is 0.214. The summed E-state index contributed by atoms with van der Waals surface area (Å²) in [6.07, 6.45) is 2.43. The third-order valence-corrected chi connectivity index (χ3v) is 17.1. The summed E-state index contributed by atoms with van der Waals surface area (Å²) in [5.74, 6) is 3.78. The normalized spacial score (nSPS) is 20.8. The molecule has 2 N–H and O–H groups in total. The van der Waals surface area contributed by atoms with E-state index in [1.54, 1.807) is 46.7 Å². The minimum absolute atomic E-state index is 0.00490. The van der Waals surface area contributed by atoms with E-state index in [2.05, 4.69) is 43.9 Å². The molecule has 0 saturated carbocycles. The number of nitrogens with one attached hydrogen (secondary N) is 2. The Labute approximate surface area is 383 Å². The minimum Gasteiger partial charge on any atom is -0.486 e. The molecule has 4 aromatic heterocycles. The fourth-order valence-electron chi connectivity index (χ4n) is 8.65. The lowest BCUT2D eigenvalue weighted by Gasteiger charge is -2.45. The molecule has 22 heteroatoms. The largest absolute Gasteiger partial charge is 0.486 e. The van der Waals surface area contributed by atoms with Gasteiger partial charge in [0.2, 0.25) is 23.8 Å². The zero-order valence-corrected chi connectivity index (χ0v) is 40.4. The van der Waals surface area contributed by atoms with Crippen molar-refractivity contribution in [3.05, 3.63) is 59.9 Å². The number of fused-ring (bicyclic) bond motifs is 8. The number of nitrogens with zero attached hydrogens (tertiary/aromatic N) is 10. The second kappa shape index (κ2) is 16.5. The van der Waals surface area contributed by atoms with Gasteiger partial charge in [0.1, 0.15) is 34.1 Å². The fraction of sp³-hybridized carbons (Fsp3) is 0.500. The third kappa shape index (κ3) is 7.60. The number of para-hydroxylation sites is 4. The highest BCUT2D eigenvalue weighted by Gasteiger charge is 2.46. The van der Waals surface area contributed by atoms with Crippen molar-refractivity contribution in [3.63, 3.8) is 0 Å². The van der Waals surface area contributed by atoms with Crippen LogP contribution in [0.5, 0.6) is 11.5 Å². The average Bonchev–Trinajstić information content (AvgIpc) is 3.89. The van der Waals surface area contributed by atoms with E-state index in [0.717, 1.165) is 22.1 Å². The van der Waals surface area contributed by atoms with E-state index in [0.29, 0.717) is 98.0 Å². The van der Waals surface area contributed by atoms with E-state index in [9.17, 15) is 16.8 Å². The third-order valence-electron chi connectivity index (χ3n) is 13.0. The predicted octanol–water partition coefficient (Wildman–Crippen LogP) is 4.51. The minimum atomic E-state index is -3.53. The highest BCUT2D eigenvalue weighted by atomic mass is 32.2. The number of hydrogen-bond donors (Lipinski definition) is 2. The lowest BCUT2D eigenvalue weighted by atomic mass is 10.0. The summed E-state index contributed by atoms with van der Waals surface area (Å²) < 4.78 is 74.1. The van der Waals surface area contributed by atoms with Gasteiger partial charge in [-0.2, -0.15) is 9.97 Å². The second-order valence-corrected chi connectivity index (χ2v) is 23.4. The molecule has 0 amide bonds. The number of imidazole rings is 2. The summed E-state index contributed by atoms with van der Waals surface area (Å²) in [6.45, 7) is 13.6. The topological polar surface area (TPSA) is 225 Å². The van der Waals surface area contributed by atoms with Gasteiger partial charge in [0.05, 0.1) is 72.7 Å². The first-order valence-electron chi connectivity index (χ1n) is 21.8. The number of aromatic amines is 1. The molecule has 66 heavy (non-hydrogen) atoms. The molecular weight excluding hydrogens is 889 g/mol. The van der Waals surface area contributed by atoms with Crippen molar-refractivity contribution in [2.45, 2.75) is 75.2 Å². The smallest absolute Gasteiger partial charge is 0.239 e. The van der Waals surface area contributed by atoms with Crippen LogP contribution in [0.3, 0.4) is 0 Å². The number of aromatic nitrogens is 8. The second-order valence-electron chi connectivity index (χ2n) is 18.3. The van der Waals surface area contributed by atoms with Crippen molar-refractivity contribution >= 4 is 71.2 Å². The zero-order chi connectivity index (χ0) is 47.1. The van der Waals surface area contributed by atoms with Crippen LogP contribution < -0.4 is 29.5 Å². The van der Waals surface area contributed by atoms with Crippen molar-refractivity contribution in [2.24, 2.45) is 0 Å². The number of hydrogen-bond acceptors (Lipinski definition) is 18. The van der Waals surface area contributed by atoms with Gasteiger partial charge in [0.15, 0.2) is 42.8 Å². The number of sulfone groups is 2. The molecule has 6 aromatic rings. The Hall–Kier alpha value is -5.84. The van der Waals surface area contributed by atoms with Crippen molar-refractivity contribution in [3.8, 4) is 17.4 Å². The highest BCUT2D eigenvalue weighted by Crippen LogP contribution is 2.46. The van der Waals surface area contributed by atoms with Crippen molar-refractivity contribution in [2.75, 3.05) is 86.3 Å². The Morgan fingerprint density at radius 1 is 0.682 bits per heavy atom. The van der Waals surface area contributed by atoms with Gasteiger partial charge in [-0.05, 0) is 65.8 Å². The van der Waals surface area contributed by atoms with E-state index in [1.165, 1.54) is 12.5 Å². The molecule has 0 aliphatic carbocycles. The van der Waals surface area contributed by atoms with Crippen molar-refractivity contribution in [1.82, 2.24) is 39.5 Å². The molecule has 4 atom stereocenters. The average molecular weight is 945 g/mol. The Kier molecular flexibility index (Phi) is 11.3. The van der Waals surface area contributed by atoms with Gasteiger partial charge >= 0.3 is 0 Å². The van der Waals surface area contributed by atoms with Crippen LogP contribution >= 0.6 is 0 Å². The standard InChI is InChI=1S/2C22H28N6O4S/c1-13-10-31-11-14-12-32-17-18(22(2,3)33(5,29)30)25-21(26-19(17)28(13)14)27(4)20-23-15-8-6-7-9-16(15)24-20;1-13-10-31-11-14-12-32-17-18(22(2,3)33(5,29)30)25-21(26-19(17)27(13)14)28-16-9-7-6-8-15(16)24-20(28)23-4/h2*6-9,13-14H,10-12H2,1-5H3,(H,23,24)/t2*13-,14+/m11/s1. The number of ether oxygens (including phenoxy) is 4. The molecule has 2 fully saturated rings. The van der Waals surface area contributed by atoms with Crippen molar-refractivity contribution < 1.29 is 35.8 Å². The maximum absolute atomic E-state index is 12.8. The van der Waals surface area contributed by atoms with E-state index in [-0.39, 0.29) is 24.2 Å². The highest BCUT2D eigenvalue weighted by molar-refractivity contribution is 7.91. The SMILES string of the molecule is CNc1nc2ccccc2n1-c1nc2c(c(C(C)(C)S(C)(=O)=O)n1)OC[C@@H]1COC[C@@H](C)N21.C[C@@H]1COC[C@H]2COc3c(nc(N(C)c4nc5ccccc5[nH]4)nc3C(C)(C)S(C)(=O)=O)N21. The molecule has 20 nitrogen and oxygen atoms in total. The van der Waals surface area contributed by atoms with Crippen LogP contribution in [0.2, 0.25) is 0 Å². The molecule has 0 unspecified atom stereocenters. The summed E-state index contributed by atoms with van der Waals surface area (Å²) >= 11 is 0. The number of H-pyrrole nitrogens is 1. The maximum atomic E-state index is 12.8. The lowest BCUT2D eigenvalue weighted by Crippen LogP contribution is -2.56. The molecular formula is C44H56N12O8S2. The molecule has 2 saturated heterocycles. The molecule has 4 aliphatic heterocycles.